The van der Waals surface area contributed by atoms with Crippen LogP contribution in [0.15, 0.2) is 72.1 Å². The van der Waals surface area contributed by atoms with Crippen LogP contribution in [0.3, 0.4) is 0 Å². The lowest BCUT2D eigenvalue weighted by atomic mass is 10.2. The molecular formula is C18H16N4S. The maximum Gasteiger partial charge on any atom is 0.166 e. The quantitative estimate of drug-likeness (QED) is 0.563. The van der Waals surface area contributed by atoms with Gasteiger partial charge in [0.05, 0.1) is 16.8 Å². The van der Waals surface area contributed by atoms with Crippen molar-refractivity contribution in [1.82, 2.24) is 19.5 Å². The van der Waals surface area contributed by atoms with Gasteiger partial charge < -0.3 is 9.55 Å². The van der Waals surface area contributed by atoms with Crippen LogP contribution in [-0.2, 0) is 12.3 Å². The van der Waals surface area contributed by atoms with Crippen molar-refractivity contribution >= 4 is 22.8 Å². The highest BCUT2D eigenvalue weighted by Gasteiger charge is 2.07. The molecular weight excluding hydrogens is 304 g/mol. The molecule has 23 heavy (non-hydrogen) atoms. The van der Waals surface area contributed by atoms with Gasteiger partial charge in [-0.25, -0.2) is 9.97 Å². The Balaban J connectivity index is 1.48. The van der Waals surface area contributed by atoms with E-state index in [1.54, 1.807) is 11.8 Å². The normalized spacial score (nSPS) is 11.1. The number of hydrogen-bond donors (Lipinski definition) is 1. The molecule has 0 saturated heterocycles. The molecule has 4 aromatic rings. The van der Waals surface area contributed by atoms with Crippen molar-refractivity contribution in [2.45, 2.75) is 17.5 Å². The Labute approximate surface area is 138 Å². The highest BCUT2D eigenvalue weighted by Crippen LogP contribution is 2.22. The molecule has 0 aliphatic rings. The Kier molecular flexibility index (Phi) is 3.86. The van der Waals surface area contributed by atoms with Crippen LogP contribution < -0.4 is 0 Å². The van der Waals surface area contributed by atoms with Gasteiger partial charge in [0.2, 0.25) is 0 Å². The summed E-state index contributed by atoms with van der Waals surface area (Å²) in [4.78, 5) is 12.4. The lowest BCUT2D eigenvalue weighted by Crippen LogP contribution is -2.03. The molecule has 0 aliphatic carbocycles. The zero-order valence-electron chi connectivity index (χ0n) is 12.5. The number of benzene rings is 2. The summed E-state index contributed by atoms with van der Waals surface area (Å²) >= 11 is 1.68. The topological polar surface area (TPSA) is 46.5 Å². The third kappa shape index (κ3) is 3.14. The fourth-order valence-corrected chi connectivity index (χ4v) is 3.39. The highest BCUT2D eigenvalue weighted by atomic mass is 32.2. The molecule has 2 aromatic carbocycles. The van der Waals surface area contributed by atoms with Gasteiger partial charge >= 0.3 is 0 Å². The molecule has 0 spiro atoms. The first-order chi connectivity index (χ1) is 11.4. The molecule has 0 radical (unpaired) electrons. The molecule has 1 N–H and O–H groups in total. The molecule has 0 aliphatic heterocycles. The molecule has 5 heteroatoms. The van der Waals surface area contributed by atoms with Crippen LogP contribution in [0.5, 0.6) is 0 Å². The fraction of sp³-hybridized carbons (Fsp3) is 0.111. The Morgan fingerprint density at radius 2 is 1.83 bits per heavy atom. The molecule has 4 rings (SSSR count). The van der Waals surface area contributed by atoms with Gasteiger partial charge in [-0.2, -0.15) is 0 Å². The van der Waals surface area contributed by atoms with Gasteiger partial charge in [0.25, 0.3) is 0 Å². The maximum atomic E-state index is 4.60. The Morgan fingerprint density at radius 3 is 2.70 bits per heavy atom. The van der Waals surface area contributed by atoms with Crippen molar-refractivity contribution in [2.75, 3.05) is 0 Å². The van der Waals surface area contributed by atoms with Crippen molar-refractivity contribution in [1.29, 1.82) is 0 Å². The maximum absolute atomic E-state index is 4.60. The van der Waals surface area contributed by atoms with Crippen LogP contribution in [0.1, 0.15) is 11.4 Å². The number of nitrogens with zero attached hydrogens (tertiary/aromatic N) is 3. The van der Waals surface area contributed by atoms with Gasteiger partial charge in [-0.3, -0.25) is 0 Å². The summed E-state index contributed by atoms with van der Waals surface area (Å²) in [6.45, 7) is 0.844. The van der Waals surface area contributed by atoms with Crippen molar-refractivity contribution in [3.8, 4) is 0 Å². The number of aromatic amines is 1. The number of nitrogens with one attached hydrogen (secondary N) is 1. The molecule has 0 amide bonds. The number of H-pyrrole nitrogens is 1. The van der Waals surface area contributed by atoms with Gasteiger partial charge in [-0.15, -0.1) is 0 Å². The number of aromatic nitrogens is 4. The minimum absolute atomic E-state index is 0.791. The van der Waals surface area contributed by atoms with Crippen molar-refractivity contribution in [3.05, 3.63) is 78.4 Å². The Morgan fingerprint density at radius 1 is 1.00 bits per heavy atom. The Hall–Kier alpha value is -2.53. The van der Waals surface area contributed by atoms with Gasteiger partial charge in [-0.1, -0.05) is 54.2 Å². The van der Waals surface area contributed by atoms with Gasteiger partial charge in [-0.05, 0) is 17.7 Å². The zero-order chi connectivity index (χ0) is 15.5. The van der Waals surface area contributed by atoms with Crippen molar-refractivity contribution in [2.24, 2.45) is 0 Å². The smallest absolute Gasteiger partial charge is 0.166 e. The number of thioether (sulfide) groups is 1. The molecule has 0 bridgehead atoms. The van der Waals surface area contributed by atoms with E-state index in [0.29, 0.717) is 0 Å². The second-order valence-electron chi connectivity index (χ2n) is 5.30. The molecule has 2 aromatic heterocycles. The van der Waals surface area contributed by atoms with Gasteiger partial charge in [0, 0.05) is 18.9 Å². The predicted octanol–water partition coefficient (Wildman–Crippen LogP) is 4.10. The fourth-order valence-electron chi connectivity index (χ4n) is 2.53. The van der Waals surface area contributed by atoms with E-state index in [1.165, 1.54) is 5.56 Å². The average molecular weight is 320 g/mol. The molecule has 0 saturated carbocycles. The summed E-state index contributed by atoms with van der Waals surface area (Å²) in [7, 11) is 0. The summed E-state index contributed by atoms with van der Waals surface area (Å²) < 4.78 is 2.19. The molecule has 0 atom stereocenters. The molecule has 4 nitrogen and oxygen atoms in total. The second-order valence-corrected chi connectivity index (χ2v) is 6.27. The predicted molar refractivity (Wildman–Crippen MR) is 93.4 cm³/mol. The number of imidazole rings is 2. The first-order valence-electron chi connectivity index (χ1n) is 7.50. The zero-order valence-corrected chi connectivity index (χ0v) is 13.3. The highest BCUT2D eigenvalue weighted by molar-refractivity contribution is 7.98. The number of hydrogen-bond acceptors (Lipinski definition) is 3. The summed E-state index contributed by atoms with van der Waals surface area (Å²) in [5.41, 5.74) is 3.35. The lowest BCUT2D eigenvalue weighted by Gasteiger charge is -2.07. The second kappa shape index (κ2) is 6.30. The summed E-state index contributed by atoms with van der Waals surface area (Å²) in [6.07, 6.45) is 3.89. The van der Waals surface area contributed by atoms with Crippen LogP contribution in [0.25, 0.3) is 11.0 Å². The van der Waals surface area contributed by atoms with Gasteiger partial charge in [0.1, 0.15) is 5.82 Å². The molecule has 2 heterocycles. The van der Waals surface area contributed by atoms with E-state index < -0.39 is 0 Å². The van der Waals surface area contributed by atoms with Crippen LogP contribution in [0.2, 0.25) is 0 Å². The van der Waals surface area contributed by atoms with Crippen LogP contribution in [0, 0.1) is 0 Å². The minimum Gasteiger partial charge on any atom is -0.333 e. The average Bonchev–Trinajstić information content (AvgIpc) is 3.20. The largest absolute Gasteiger partial charge is 0.333 e. The Bertz CT molecular complexity index is 878. The number of para-hydroxylation sites is 2. The summed E-state index contributed by atoms with van der Waals surface area (Å²) in [5, 5.41) is 0.931. The van der Waals surface area contributed by atoms with Crippen LogP contribution >= 0.6 is 11.8 Å². The molecule has 0 unspecified atom stereocenters. The van der Waals surface area contributed by atoms with E-state index >= 15 is 0 Å². The third-order valence-corrected chi connectivity index (χ3v) is 4.57. The van der Waals surface area contributed by atoms with E-state index in [-0.39, 0.29) is 0 Å². The van der Waals surface area contributed by atoms with E-state index in [4.69, 9.17) is 0 Å². The minimum atomic E-state index is 0.791. The van der Waals surface area contributed by atoms with Crippen molar-refractivity contribution in [3.63, 3.8) is 0 Å². The van der Waals surface area contributed by atoms with Crippen molar-refractivity contribution < 1.29 is 0 Å². The number of fused-ring (bicyclic) bond motifs is 1. The van der Waals surface area contributed by atoms with E-state index in [9.17, 15) is 0 Å². The van der Waals surface area contributed by atoms with Crippen LogP contribution in [0.4, 0.5) is 0 Å². The van der Waals surface area contributed by atoms with Gasteiger partial charge in [0.15, 0.2) is 5.16 Å². The SMILES string of the molecule is c1ccc(Cn2ccnc2CSc2nc3ccccc3[nH]2)cc1. The summed E-state index contributed by atoms with van der Waals surface area (Å²) in [6, 6.07) is 18.5. The molecule has 0 fully saturated rings. The number of rotatable bonds is 5. The summed E-state index contributed by atoms with van der Waals surface area (Å²) in [5.74, 6) is 1.85. The first kappa shape index (κ1) is 14.1. The first-order valence-corrected chi connectivity index (χ1v) is 8.48. The molecule has 114 valence electrons. The van der Waals surface area contributed by atoms with Crippen LogP contribution in [-0.4, -0.2) is 19.5 Å². The van der Waals surface area contributed by atoms with E-state index in [0.717, 1.165) is 34.3 Å². The monoisotopic (exact) mass is 320 g/mol. The lowest BCUT2D eigenvalue weighted by molar-refractivity contribution is 0.756. The van der Waals surface area contributed by atoms with E-state index in [2.05, 4.69) is 43.8 Å². The standard InChI is InChI=1S/C18H16N4S/c1-2-6-14(7-3-1)12-22-11-10-19-17(22)13-23-18-20-15-8-4-5-9-16(15)21-18/h1-11H,12-13H2,(H,20,21). The third-order valence-electron chi connectivity index (χ3n) is 3.70. The van der Waals surface area contributed by atoms with E-state index in [1.807, 2.05) is 42.7 Å².